The highest BCUT2D eigenvalue weighted by Gasteiger charge is 2.30. The Morgan fingerprint density at radius 2 is 1.68 bits per heavy atom. The minimum absolute atomic E-state index is 0.00105. The van der Waals surface area contributed by atoms with Crippen molar-refractivity contribution in [2.75, 3.05) is 24.2 Å². The van der Waals surface area contributed by atoms with Crippen LogP contribution in [0, 0.1) is 6.92 Å². The first-order valence-electron chi connectivity index (χ1n) is 12.8. The smallest absolute Gasteiger partial charge is 0.243 e. The van der Waals surface area contributed by atoms with Crippen LogP contribution in [-0.4, -0.2) is 57.1 Å². The molecule has 2 aromatic carbocycles. The third kappa shape index (κ3) is 8.49. The number of rotatable bonds is 14. The summed E-state index contributed by atoms with van der Waals surface area (Å²) in [4.78, 5) is 28.3. The zero-order valence-electron chi connectivity index (χ0n) is 22.9. The van der Waals surface area contributed by atoms with Crippen molar-refractivity contribution < 1.29 is 22.7 Å². The van der Waals surface area contributed by atoms with Gasteiger partial charge in [0.1, 0.15) is 11.8 Å². The van der Waals surface area contributed by atoms with Gasteiger partial charge in [-0.05, 0) is 56.4 Å². The molecule has 0 saturated carbocycles. The average Bonchev–Trinajstić information content (AvgIpc) is 2.86. The molecule has 0 unspecified atom stereocenters. The summed E-state index contributed by atoms with van der Waals surface area (Å²) in [5, 5.41) is 3.01. The van der Waals surface area contributed by atoms with Crippen molar-refractivity contribution in [2.45, 2.75) is 72.0 Å². The number of nitrogens with zero attached hydrogens (tertiary/aromatic N) is 2. The van der Waals surface area contributed by atoms with E-state index < -0.39 is 16.1 Å². The van der Waals surface area contributed by atoms with Crippen LogP contribution in [0.4, 0.5) is 5.69 Å². The molecule has 2 amide bonds. The Morgan fingerprint density at radius 3 is 2.27 bits per heavy atom. The first-order valence-corrected chi connectivity index (χ1v) is 14.6. The highest BCUT2D eigenvalue weighted by atomic mass is 32.2. The number of hydrogen-bond acceptors (Lipinski definition) is 5. The summed E-state index contributed by atoms with van der Waals surface area (Å²) in [6.45, 7) is 8.23. The monoisotopic (exact) mass is 531 g/mol. The maximum atomic E-state index is 13.6. The van der Waals surface area contributed by atoms with Gasteiger partial charge in [0.05, 0.1) is 19.1 Å². The fourth-order valence-electron chi connectivity index (χ4n) is 4.15. The number of anilines is 1. The number of carbonyl (C=O) groups is 2. The summed E-state index contributed by atoms with van der Waals surface area (Å²) < 4.78 is 31.8. The van der Waals surface area contributed by atoms with Gasteiger partial charge in [-0.15, -0.1) is 0 Å². The Morgan fingerprint density at radius 1 is 1.03 bits per heavy atom. The number of ether oxygens (including phenoxy) is 1. The van der Waals surface area contributed by atoms with Gasteiger partial charge in [-0.1, -0.05) is 50.2 Å². The van der Waals surface area contributed by atoms with E-state index in [0.717, 1.165) is 23.8 Å². The predicted octanol–water partition coefficient (Wildman–Crippen LogP) is 4.27. The van der Waals surface area contributed by atoms with E-state index in [-0.39, 0.29) is 37.2 Å². The highest BCUT2D eigenvalue weighted by Crippen LogP contribution is 2.30. The summed E-state index contributed by atoms with van der Waals surface area (Å²) in [5.41, 5.74) is 2.44. The molecule has 0 heterocycles. The lowest BCUT2D eigenvalue weighted by atomic mass is 10.0. The van der Waals surface area contributed by atoms with Crippen LogP contribution in [0.2, 0.25) is 0 Å². The standard InChI is InChI=1S/C28H41N3O5S/c1-7-22(4)29-28(33)24(8-2)30(20-23-15-10-9-14-21(23)3)27(32)18-13-19-31(37(6,34)35)25-16-11-12-17-26(25)36-5/h9-12,14-17,22,24H,7-8,13,18-20H2,1-6H3,(H,29,33)/t22-,24-/m1/s1. The van der Waals surface area contributed by atoms with Crippen LogP contribution in [0.15, 0.2) is 48.5 Å². The maximum Gasteiger partial charge on any atom is 0.243 e. The lowest BCUT2D eigenvalue weighted by molar-refractivity contribution is -0.141. The fourth-order valence-corrected chi connectivity index (χ4v) is 5.12. The molecule has 8 nitrogen and oxygen atoms in total. The lowest BCUT2D eigenvalue weighted by Gasteiger charge is -2.32. The Hall–Kier alpha value is -3.07. The molecule has 0 aromatic heterocycles. The van der Waals surface area contributed by atoms with Crippen molar-refractivity contribution in [1.29, 1.82) is 0 Å². The molecule has 204 valence electrons. The van der Waals surface area contributed by atoms with Crippen molar-refractivity contribution in [3.8, 4) is 5.75 Å². The van der Waals surface area contributed by atoms with E-state index in [1.807, 2.05) is 52.0 Å². The molecule has 2 aromatic rings. The van der Waals surface area contributed by atoms with Crippen LogP contribution in [0.1, 0.15) is 57.6 Å². The lowest BCUT2D eigenvalue weighted by Crippen LogP contribution is -2.50. The molecule has 1 N–H and O–H groups in total. The molecular formula is C28H41N3O5S. The van der Waals surface area contributed by atoms with Crippen LogP contribution in [0.25, 0.3) is 0 Å². The number of para-hydroxylation sites is 2. The highest BCUT2D eigenvalue weighted by molar-refractivity contribution is 7.92. The van der Waals surface area contributed by atoms with Gasteiger partial charge in [0.25, 0.3) is 0 Å². The van der Waals surface area contributed by atoms with E-state index >= 15 is 0 Å². The van der Waals surface area contributed by atoms with Crippen molar-refractivity contribution in [1.82, 2.24) is 10.2 Å². The van der Waals surface area contributed by atoms with Crippen LogP contribution in [0.3, 0.4) is 0 Å². The van der Waals surface area contributed by atoms with Crippen molar-refractivity contribution >= 4 is 27.5 Å². The zero-order chi connectivity index (χ0) is 27.6. The molecule has 0 saturated heterocycles. The van der Waals surface area contributed by atoms with Gasteiger partial charge < -0.3 is 15.0 Å². The molecule has 0 radical (unpaired) electrons. The Kier molecular flexibility index (Phi) is 11.4. The number of sulfonamides is 1. The van der Waals surface area contributed by atoms with Gasteiger partial charge >= 0.3 is 0 Å². The number of hydrogen-bond donors (Lipinski definition) is 1. The average molecular weight is 532 g/mol. The summed E-state index contributed by atoms with van der Waals surface area (Å²) in [5.74, 6) is 0.0710. The first-order chi connectivity index (χ1) is 17.5. The molecule has 37 heavy (non-hydrogen) atoms. The Bertz CT molecular complexity index is 1150. The molecule has 0 aliphatic carbocycles. The van der Waals surface area contributed by atoms with Gasteiger partial charge in [-0.3, -0.25) is 13.9 Å². The predicted molar refractivity (Wildman–Crippen MR) is 148 cm³/mol. The number of methoxy groups -OCH3 is 1. The molecule has 2 atom stereocenters. The quantitative estimate of drug-likeness (QED) is 0.393. The van der Waals surface area contributed by atoms with Gasteiger partial charge in [-0.25, -0.2) is 8.42 Å². The second-order valence-electron chi connectivity index (χ2n) is 9.30. The molecule has 0 spiro atoms. The minimum Gasteiger partial charge on any atom is -0.495 e. The Labute approximate surface area is 222 Å². The van der Waals surface area contributed by atoms with E-state index in [4.69, 9.17) is 4.74 Å². The van der Waals surface area contributed by atoms with E-state index in [9.17, 15) is 18.0 Å². The van der Waals surface area contributed by atoms with Crippen LogP contribution >= 0.6 is 0 Å². The van der Waals surface area contributed by atoms with E-state index in [1.165, 1.54) is 11.4 Å². The molecule has 9 heteroatoms. The molecular weight excluding hydrogens is 490 g/mol. The number of amides is 2. The van der Waals surface area contributed by atoms with E-state index in [2.05, 4.69) is 5.32 Å². The SMILES string of the molecule is CC[C@@H](C)NC(=O)[C@@H](CC)N(Cc1ccccc1C)C(=O)CCCN(c1ccccc1OC)S(C)(=O)=O. The third-order valence-corrected chi connectivity index (χ3v) is 7.67. The van der Waals surface area contributed by atoms with Crippen molar-refractivity contribution in [3.05, 3.63) is 59.7 Å². The summed E-state index contributed by atoms with van der Waals surface area (Å²) in [6, 6.07) is 14.1. The fraction of sp³-hybridized carbons (Fsp3) is 0.500. The van der Waals surface area contributed by atoms with Crippen molar-refractivity contribution in [3.63, 3.8) is 0 Å². The van der Waals surface area contributed by atoms with Gasteiger partial charge in [0.2, 0.25) is 21.8 Å². The summed E-state index contributed by atoms with van der Waals surface area (Å²) in [6.07, 6.45) is 2.78. The second-order valence-corrected chi connectivity index (χ2v) is 11.2. The molecule has 0 aliphatic rings. The molecule has 0 fully saturated rings. The molecule has 0 aliphatic heterocycles. The van der Waals surface area contributed by atoms with Crippen LogP contribution < -0.4 is 14.4 Å². The van der Waals surface area contributed by atoms with Crippen molar-refractivity contribution in [2.24, 2.45) is 0 Å². The number of aryl methyl sites for hydroxylation is 1. The zero-order valence-corrected chi connectivity index (χ0v) is 23.7. The number of nitrogens with one attached hydrogen (secondary N) is 1. The summed E-state index contributed by atoms with van der Waals surface area (Å²) >= 11 is 0. The van der Waals surface area contributed by atoms with E-state index in [1.54, 1.807) is 29.2 Å². The molecule has 2 rings (SSSR count). The van der Waals surface area contributed by atoms with Gasteiger partial charge in [0, 0.05) is 25.6 Å². The second kappa shape index (κ2) is 14.0. The first kappa shape index (κ1) is 30.2. The van der Waals surface area contributed by atoms with E-state index in [0.29, 0.717) is 24.4 Å². The van der Waals surface area contributed by atoms with Crippen LogP contribution in [-0.2, 0) is 26.2 Å². The van der Waals surface area contributed by atoms with Gasteiger partial charge in [0.15, 0.2) is 0 Å². The largest absolute Gasteiger partial charge is 0.495 e. The normalized spacial score (nSPS) is 12.9. The topological polar surface area (TPSA) is 96.0 Å². The third-order valence-electron chi connectivity index (χ3n) is 6.49. The summed E-state index contributed by atoms with van der Waals surface area (Å²) in [7, 11) is -2.12. The van der Waals surface area contributed by atoms with Gasteiger partial charge in [-0.2, -0.15) is 0 Å². The number of benzene rings is 2. The maximum absolute atomic E-state index is 13.6. The minimum atomic E-state index is -3.61. The Balaban J connectivity index is 2.26. The van der Waals surface area contributed by atoms with Crippen LogP contribution in [0.5, 0.6) is 5.75 Å². The molecule has 0 bridgehead atoms. The number of carbonyl (C=O) groups excluding carboxylic acids is 2.